The molecule has 0 spiro atoms. The maximum atomic E-state index is 2.62. The van der Waals surface area contributed by atoms with Crippen molar-refractivity contribution in [2.75, 3.05) is 4.90 Å². The van der Waals surface area contributed by atoms with E-state index in [0.29, 0.717) is 0 Å². The maximum Gasteiger partial charge on any atom is 0.0541 e. The van der Waals surface area contributed by atoms with Gasteiger partial charge in [-0.25, -0.2) is 0 Å². The molecule has 5 aliphatic rings. The summed E-state index contributed by atoms with van der Waals surface area (Å²) >= 11 is 0. The van der Waals surface area contributed by atoms with Crippen molar-refractivity contribution in [3.8, 4) is 27.9 Å². The summed E-state index contributed by atoms with van der Waals surface area (Å²) in [4.78, 5) is 2.62. The zero-order valence-electron chi connectivity index (χ0n) is 33.4. The largest absolute Gasteiger partial charge is 0.310 e. The molecule has 282 valence electrons. The number of aromatic nitrogens is 1. The van der Waals surface area contributed by atoms with Gasteiger partial charge in [-0.05, 0) is 161 Å². The fourth-order valence-electron chi connectivity index (χ4n) is 13.7. The Morgan fingerprint density at radius 1 is 0.500 bits per heavy atom. The molecule has 4 saturated carbocycles. The summed E-state index contributed by atoms with van der Waals surface area (Å²) in [6.07, 6.45) is 7.10. The summed E-state index contributed by atoms with van der Waals surface area (Å²) < 4.78 is 2.42. The number of anilines is 3. The monoisotopic (exact) mass is 748 g/mol. The molecular formula is C56H48N2. The highest BCUT2D eigenvalue weighted by Crippen LogP contribution is 2.73. The van der Waals surface area contributed by atoms with Crippen LogP contribution in [0.2, 0.25) is 0 Å². The smallest absolute Gasteiger partial charge is 0.0541 e. The van der Waals surface area contributed by atoms with Crippen molar-refractivity contribution in [2.24, 2.45) is 29.6 Å². The lowest BCUT2D eigenvalue weighted by Crippen LogP contribution is -2.46. The number of nitrogens with zero attached hydrogens (tertiary/aromatic N) is 2. The Balaban J connectivity index is 0.939. The zero-order valence-corrected chi connectivity index (χ0v) is 33.4. The lowest BCUT2D eigenvalue weighted by Gasteiger charge is -2.53. The third-order valence-electron chi connectivity index (χ3n) is 16.0. The number of para-hydroxylation sites is 3. The van der Waals surface area contributed by atoms with E-state index < -0.39 is 0 Å². The van der Waals surface area contributed by atoms with Crippen LogP contribution in [0.3, 0.4) is 0 Å². The Labute approximate surface area is 341 Å². The van der Waals surface area contributed by atoms with E-state index >= 15 is 0 Å². The van der Waals surface area contributed by atoms with Crippen molar-refractivity contribution >= 4 is 38.9 Å². The van der Waals surface area contributed by atoms with E-state index in [2.05, 4.69) is 187 Å². The van der Waals surface area contributed by atoms with Crippen molar-refractivity contribution in [1.29, 1.82) is 0 Å². The molecule has 6 atom stereocenters. The first kappa shape index (κ1) is 33.1. The molecule has 13 rings (SSSR count). The van der Waals surface area contributed by atoms with Gasteiger partial charge in [0.05, 0.1) is 11.0 Å². The number of fused-ring (bicyclic) bond motifs is 7. The van der Waals surface area contributed by atoms with Crippen molar-refractivity contribution in [1.82, 2.24) is 4.57 Å². The summed E-state index contributed by atoms with van der Waals surface area (Å²) in [5.74, 6) is 4.84. The minimum absolute atomic E-state index is 0.0703. The summed E-state index contributed by atoms with van der Waals surface area (Å²) in [5.41, 5.74) is 17.3. The van der Waals surface area contributed by atoms with Crippen molar-refractivity contribution < 1.29 is 0 Å². The van der Waals surface area contributed by atoms with E-state index in [1.54, 1.807) is 5.56 Å². The van der Waals surface area contributed by atoms with Crippen LogP contribution in [-0.2, 0) is 10.8 Å². The third-order valence-corrected chi connectivity index (χ3v) is 16.0. The van der Waals surface area contributed by atoms with Gasteiger partial charge in [0.1, 0.15) is 0 Å². The minimum atomic E-state index is -0.0703. The lowest BCUT2D eigenvalue weighted by atomic mass is 9.52. The topological polar surface area (TPSA) is 8.17 Å². The van der Waals surface area contributed by atoms with Gasteiger partial charge >= 0.3 is 0 Å². The van der Waals surface area contributed by atoms with Crippen LogP contribution in [0.1, 0.15) is 62.6 Å². The van der Waals surface area contributed by atoms with E-state index in [-0.39, 0.29) is 10.8 Å². The van der Waals surface area contributed by atoms with Gasteiger partial charge in [0.2, 0.25) is 0 Å². The van der Waals surface area contributed by atoms with E-state index in [1.165, 1.54) is 110 Å². The SMILES string of the molecule is CC1(C)c2ccccc2-c2ccc(N(c3ccc(-c4cccc(-n5c6ccccc6c6ccccc65)c4)cc3)c3ccccc3C34CC5C6C(C[C@H]5C3)C[C@H]6C4)cc21. The molecule has 4 unspecified atom stereocenters. The lowest BCUT2D eigenvalue weighted by molar-refractivity contribution is 0.00364. The van der Waals surface area contributed by atoms with Crippen LogP contribution in [0.25, 0.3) is 49.7 Å². The second-order valence-electron chi connectivity index (χ2n) is 19.1. The van der Waals surface area contributed by atoms with Crippen LogP contribution < -0.4 is 4.90 Å². The van der Waals surface area contributed by atoms with Gasteiger partial charge in [-0.3, -0.25) is 0 Å². The van der Waals surface area contributed by atoms with Gasteiger partial charge in [0.15, 0.2) is 0 Å². The van der Waals surface area contributed by atoms with Gasteiger partial charge in [-0.1, -0.05) is 123 Å². The Morgan fingerprint density at radius 3 is 1.97 bits per heavy atom. The second kappa shape index (κ2) is 11.9. The fourth-order valence-corrected chi connectivity index (χ4v) is 13.7. The quantitative estimate of drug-likeness (QED) is 0.164. The molecular weight excluding hydrogens is 701 g/mol. The van der Waals surface area contributed by atoms with Crippen LogP contribution in [0, 0.1) is 29.6 Å². The van der Waals surface area contributed by atoms with Crippen LogP contribution >= 0.6 is 0 Å². The third kappa shape index (κ3) is 4.49. The molecule has 4 fully saturated rings. The van der Waals surface area contributed by atoms with Gasteiger partial charge in [-0.2, -0.15) is 0 Å². The molecule has 8 aromatic rings. The molecule has 2 bridgehead atoms. The Morgan fingerprint density at radius 2 is 1.16 bits per heavy atom. The van der Waals surface area contributed by atoms with Crippen LogP contribution in [-0.4, -0.2) is 4.57 Å². The van der Waals surface area contributed by atoms with E-state index in [1.807, 2.05) is 0 Å². The second-order valence-corrected chi connectivity index (χ2v) is 19.1. The average Bonchev–Trinajstić information content (AvgIpc) is 3.92. The van der Waals surface area contributed by atoms with Crippen LogP contribution in [0.4, 0.5) is 17.1 Å². The van der Waals surface area contributed by atoms with Gasteiger partial charge in [0, 0.05) is 38.9 Å². The summed E-state index contributed by atoms with van der Waals surface area (Å²) in [6.45, 7) is 4.81. The van der Waals surface area contributed by atoms with Gasteiger partial charge in [-0.15, -0.1) is 0 Å². The number of benzene rings is 7. The molecule has 2 nitrogen and oxygen atoms in total. The van der Waals surface area contributed by atoms with Crippen molar-refractivity contribution in [2.45, 2.75) is 56.8 Å². The normalized spacial score (nSPS) is 25.4. The Bertz CT molecular complexity index is 2900. The summed E-state index contributed by atoms with van der Waals surface area (Å²) in [5, 5.41) is 2.58. The molecule has 1 aromatic heterocycles. The van der Waals surface area contributed by atoms with Crippen molar-refractivity contribution in [3.05, 3.63) is 180 Å². The molecule has 7 aromatic carbocycles. The zero-order chi connectivity index (χ0) is 38.3. The van der Waals surface area contributed by atoms with Gasteiger partial charge in [0.25, 0.3) is 0 Å². The predicted octanol–water partition coefficient (Wildman–Crippen LogP) is 14.6. The molecule has 1 heterocycles. The summed E-state index contributed by atoms with van der Waals surface area (Å²) in [6, 6.07) is 62.0. The average molecular weight is 749 g/mol. The highest BCUT2D eigenvalue weighted by Gasteiger charge is 2.65. The summed E-state index contributed by atoms with van der Waals surface area (Å²) in [7, 11) is 0. The molecule has 0 amide bonds. The first-order valence-electron chi connectivity index (χ1n) is 21.8. The highest BCUT2D eigenvalue weighted by molar-refractivity contribution is 6.09. The number of hydrogen-bond donors (Lipinski definition) is 0. The number of hydrogen-bond acceptors (Lipinski definition) is 1. The standard InChI is InChI=1S/C56H48N2/c1-55(2)48-17-6-3-14-43(48)44-27-26-42(31-50(44)55)57(53-21-10-7-18-49(53)56-32-38-28-37-29-39(33-56)54(37)47(38)34-56)40-24-22-35(23-25-40)36-12-11-13-41(30-36)58-51-19-8-4-15-45(51)46-16-5-9-20-52(46)58/h3-27,30-31,37-39,47,54H,28-29,32-34H2,1-2H3/t37?,38-,39-,47?,54?,56?/m0/s1. The molecule has 2 heteroatoms. The van der Waals surface area contributed by atoms with Crippen molar-refractivity contribution in [3.63, 3.8) is 0 Å². The first-order valence-corrected chi connectivity index (χ1v) is 21.8. The number of rotatable bonds is 6. The highest BCUT2D eigenvalue weighted by atomic mass is 15.1. The van der Waals surface area contributed by atoms with Crippen LogP contribution in [0.5, 0.6) is 0 Å². The van der Waals surface area contributed by atoms with Gasteiger partial charge < -0.3 is 9.47 Å². The fraction of sp³-hybridized carbons (Fsp3) is 0.250. The van der Waals surface area contributed by atoms with E-state index in [0.717, 1.165) is 29.6 Å². The molecule has 0 radical (unpaired) electrons. The Hall–Kier alpha value is -5.86. The van der Waals surface area contributed by atoms with E-state index in [4.69, 9.17) is 0 Å². The molecule has 5 aliphatic carbocycles. The molecule has 58 heavy (non-hydrogen) atoms. The molecule has 0 N–H and O–H groups in total. The first-order chi connectivity index (χ1) is 28.4. The van der Waals surface area contributed by atoms with E-state index in [9.17, 15) is 0 Å². The molecule has 0 saturated heterocycles. The predicted molar refractivity (Wildman–Crippen MR) is 241 cm³/mol. The molecule has 0 aliphatic heterocycles. The Kier molecular flexibility index (Phi) is 6.77. The maximum absolute atomic E-state index is 2.62. The minimum Gasteiger partial charge on any atom is -0.310 e. The van der Waals surface area contributed by atoms with Crippen LogP contribution in [0.15, 0.2) is 164 Å².